The van der Waals surface area contributed by atoms with Crippen LogP contribution >= 0.6 is 23.2 Å². The van der Waals surface area contributed by atoms with Crippen LogP contribution in [0.3, 0.4) is 0 Å². The Labute approximate surface area is 685 Å². The van der Waals surface area contributed by atoms with E-state index >= 15 is 28.8 Å². The molecule has 0 spiro atoms. The summed E-state index contributed by atoms with van der Waals surface area (Å²) >= 11 is 13.4. The molecule has 36 nitrogen and oxygen atoms in total. The highest BCUT2D eigenvalue weighted by molar-refractivity contribution is 6.32. The van der Waals surface area contributed by atoms with Crippen LogP contribution in [0, 0.1) is 5.92 Å². The molecule has 634 valence electrons. The fraction of sp³-hybridized carbons (Fsp3) is 0.450. The van der Waals surface area contributed by atoms with E-state index in [1.807, 2.05) is 13.8 Å². The predicted molar refractivity (Wildman–Crippen MR) is 416 cm³/mol. The summed E-state index contributed by atoms with van der Waals surface area (Å²) in [5.74, 6) is -14.7. The number of nitrogens with one attached hydrogen (secondary N) is 8. The molecule has 6 aromatic rings. The summed E-state index contributed by atoms with van der Waals surface area (Å²) in [6.07, 6.45) is -22.4. The van der Waals surface area contributed by atoms with Gasteiger partial charge in [0, 0.05) is 52.7 Å². The molecule has 38 heteroatoms. The molecular formula is C80H95Cl2N11O25. The Kier molecular flexibility index (Phi) is 26.5. The largest absolute Gasteiger partial charge is 0.508 e. The maximum absolute atomic E-state index is 16.7. The second-order valence-electron chi connectivity index (χ2n) is 31.1. The average Bonchev–Trinajstić information content (AvgIpc) is 1.19. The molecule has 0 aliphatic carbocycles. The second kappa shape index (κ2) is 35.8. The number of carbonyl (C=O) groups is 8. The summed E-state index contributed by atoms with van der Waals surface area (Å²) < 4.78 is 52.2. The number of aliphatic hydroxyl groups is 6. The number of aromatic hydroxyl groups is 3. The number of carbonyl (C=O) groups excluding carboxylic acids is 8. The van der Waals surface area contributed by atoms with Gasteiger partial charge in [0.1, 0.15) is 95.5 Å². The van der Waals surface area contributed by atoms with Crippen LogP contribution < -0.4 is 73.9 Å². The normalized spacial score (nSPS) is 30.8. The van der Waals surface area contributed by atoms with Gasteiger partial charge in [0.05, 0.1) is 48.5 Å². The highest BCUT2D eigenvalue weighted by Gasteiger charge is 2.53. The van der Waals surface area contributed by atoms with Gasteiger partial charge >= 0.3 is 0 Å². The van der Waals surface area contributed by atoms with Gasteiger partial charge in [-0.3, -0.25) is 38.4 Å². The maximum Gasteiger partial charge on any atom is 0.248 e. The first-order valence-corrected chi connectivity index (χ1v) is 38.7. The van der Waals surface area contributed by atoms with Gasteiger partial charge < -0.3 is 144 Å². The molecule has 14 rings (SSSR count). The van der Waals surface area contributed by atoms with Crippen molar-refractivity contribution in [3.8, 4) is 57.1 Å². The fourth-order valence-corrected chi connectivity index (χ4v) is 15.6. The summed E-state index contributed by atoms with van der Waals surface area (Å²) in [4.78, 5) is 123. The third-order valence-corrected chi connectivity index (χ3v) is 22.0. The predicted octanol–water partition coefficient (Wildman–Crippen LogP) is 1.58. The lowest BCUT2D eigenvalue weighted by Gasteiger charge is -2.47. The number of aliphatic hydroxyl groups excluding tert-OH is 6. The molecule has 0 radical (unpaired) electrons. The Bertz CT molecular complexity index is 4780. The van der Waals surface area contributed by atoms with Crippen molar-refractivity contribution in [3.63, 3.8) is 0 Å². The van der Waals surface area contributed by atoms with Crippen molar-refractivity contribution >= 4 is 70.5 Å². The molecule has 9 bridgehead atoms. The fourth-order valence-electron chi connectivity index (χ4n) is 15.2. The number of amides is 8. The van der Waals surface area contributed by atoms with E-state index in [-0.39, 0.29) is 59.4 Å². The number of nitrogens with two attached hydrogens (primary N) is 3. The first kappa shape index (κ1) is 87.2. The molecule has 8 aliphatic rings. The molecule has 3 saturated heterocycles. The first-order chi connectivity index (χ1) is 55.8. The lowest BCUT2D eigenvalue weighted by Crippen LogP contribution is -2.64. The number of rotatable bonds is 17. The number of phenolic OH excluding ortho intramolecular Hbond substituents is 3. The number of likely N-dealkylation sites (N-methyl/N-ethyl adjacent to an activating group) is 1. The van der Waals surface area contributed by atoms with Gasteiger partial charge in [0.25, 0.3) is 0 Å². The van der Waals surface area contributed by atoms with Crippen LogP contribution in [-0.4, -0.2) is 210 Å². The SMILES string of the molecule is CNC(CC(C)C)C(=O)NC1C(=O)NC(CC(N)=O)C(=O)NC2C(=O)NC3C(=O)NC(C(=O)NC(C(=O)NCc4ccc(Cl)cc4)c4cc(O)cc(O)c4-c4c(O)cccc43)C(OC3CC(C)(N)C(O)C(C)O3)c3ccc(cc3)Oc3cc2cc(c3OC2OC(CO)C(O)C(O)C2OC2CC(C)(N)C(O)C(C)O2)Oc2ccc(cc2Cl)C1O. The number of ether oxygens (including phenoxy) is 8. The molecule has 22 atom stereocenters. The molecule has 23 N–H and O–H groups in total. The van der Waals surface area contributed by atoms with E-state index in [1.165, 1.54) is 83.3 Å². The summed E-state index contributed by atoms with van der Waals surface area (Å²) in [6.45, 7) is 8.47. The van der Waals surface area contributed by atoms with Crippen molar-refractivity contribution in [1.29, 1.82) is 0 Å². The number of benzene rings is 6. The summed E-state index contributed by atoms with van der Waals surface area (Å²) in [7, 11) is 1.48. The zero-order chi connectivity index (χ0) is 85.4. The van der Waals surface area contributed by atoms with E-state index in [0.717, 1.165) is 36.4 Å². The molecular weight excluding hydrogens is 1590 g/mol. The molecule has 6 aromatic carbocycles. The second-order valence-corrected chi connectivity index (χ2v) is 31.9. The summed E-state index contributed by atoms with van der Waals surface area (Å²) in [5.41, 5.74) is 14.2. The zero-order valence-corrected chi connectivity index (χ0v) is 66.3. The highest BCUT2D eigenvalue weighted by Crippen LogP contribution is 2.51. The number of phenols is 3. The average molecular weight is 1680 g/mol. The molecule has 22 unspecified atom stereocenters. The van der Waals surface area contributed by atoms with Crippen LogP contribution in [0.15, 0.2) is 109 Å². The Morgan fingerprint density at radius 3 is 1.89 bits per heavy atom. The topological polar surface area (TPSA) is 567 Å². The van der Waals surface area contributed by atoms with Crippen molar-refractivity contribution in [2.24, 2.45) is 23.1 Å². The Morgan fingerprint density at radius 2 is 1.27 bits per heavy atom. The van der Waals surface area contributed by atoms with E-state index in [9.17, 15) is 55.5 Å². The Morgan fingerprint density at radius 1 is 0.653 bits per heavy atom. The van der Waals surface area contributed by atoms with Crippen LogP contribution in [0.25, 0.3) is 11.1 Å². The van der Waals surface area contributed by atoms with Crippen molar-refractivity contribution in [3.05, 3.63) is 153 Å². The molecule has 0 saturated carbocycles. The highest BCUT2D eigenvalue weighted by atomic mass is 35.5. The third-order valence-electron chi connectivity index (χ3n) is 21.5. The van der Waals surface area contributed by atoms with E-state index < -0.39 is 256 Å². The van der Waals surface area contributed by atoms with E-state index in [4.69, 9.17) is 78.3 Å². The zero-order valence-electron chi connectivity index (χ0n) is 64.8. The lowest BCUT2D eigenvalue weighted by molar-refractivity contribution is -0.333. The number of hydrogen-bond acceptors (Lipinski definition) is 28. The van der Waals surface area contributed by atoms with E-state index in [2.05, 4.69) is 42.5 Å². The molecule has 3 fully saturated rings. The van der Waals surface area contributed by atoms with Gasteiger partial charge in [-0.2, -0.15) is 0 Å². The number of fused-ring (bicyclic) bond motifs is 14. The first-order valence-electron chi connectivity index (χ1n) is 38.0. The summed E-state index contributed by atoms with van der Waals surface area (Å²) in [5, 5.41) is 127. The number of halogens is 2. The molecule has 8 heterocycles. The maximum atomic E-state index is 16.7. The number of primary amides is 1. The molecule has 0 aromatic heterocycles. The van der Waals surface area contributed by atoms with Crippen LogP contribution in [0.1, 0.15) is 131 Å². The Hall–Kier alpha value is -10.1. The third kappa shape index (κ3) is 19.0. The molecule has 118 heavy (non-hydrogen) atoms. The van der Waals surface area contributed by atoms with E-state index in [1.54, 1.807) is 24.3 Å². The standard InChI is InChI=1S/C80H95Cl2N11O25/c1-32(2)21-45(86-7)71(104)92-61-63(99)37-15-20-49(44(82)22-37)114-51-24-38-23-50(67(51)118-78-68(65(101)64(100)52(31-94)115-78)117-55-29-80(6,85)70(103)34(4)112-55)113-41-18-13-36(14-19-41)66(116-54-28-79(5,84)69(102)33(3)111-54)62-77(110)91-60(73(106)87-30-35-11-16-39(81)17-12-35)43-25-40(95)26-48(97)57(43)56-42(9-8-10-47(56)96)59(75(108)93-62)90-74(107)58(38)89-72(105)46(27-53(83)98)88-76(61)109/h8-20,22-26,32-34,45-46,52,54-55,58-66,68-70,78,86,94-97,99-103H,21,27-31,84-85H2,1-7H3,(H2,83,98)(H,87,106)(H,88,109)(H,89,105)(H,90,107)(H,91,110)(H,92,104)(H,93,108). The van der Waals surface area contributed by atoms with Crippen LogP contribution in [0.4, 0.5) is 0 Å². The van der Waals surface area contributed by atoms with Gasteiger partial charge in [0.15, 0.2) is 30.2 Å². The minimum absolute atomic E-state index is 0.0135. The van der Waals surface area contributed by atoms with Crippen molar-refractivity contribution < 1.29 is 122 Å². The lowest BCUT2D eigenvalue weighted by atomic mass is 9.86. The van der Waals surface area contributed by atoms with Gasteiger partial charge in [-0.25, -0.2) is 0 Å². The van der Waals surface area contributed by atoms with Gasteiger partial charge in [-0.05, 0) is 141 Å². The van der Waals surface area contributed by atoms with Gasteiger partial charge in [0.2, 0.25) is 59.3 Å². The van der Waals surface area contributed by atoms with Crippen molar-refractivity contribution in [2.45, 2.75) is 207 Å². The van der Waals surface area contributed by atoms with Gasteiger partial charge in [-0.15, -0.1) is 0 Å². The van der Waals surface area contributed by atoms with Crippen molar-refractivity contribution in [1.82, 2.24) is 42.5 Å². The van der Waals surface area contributed by atoms with Crippen LogP contribution in [0.5, 0.6) is 46.0 Å². The quantitative estimate of drug-likeness (QED) is 0.0616. The van der Waals surface area contributed by atoms with Gasteiger partial charge in [-0.1, -0.05) is 79.5 Å². The minimum Gasteiger partial charge on any atom is -0.508 e. The number of hydrogen-bond donors (Lipinski definition) is 20. The Balaban J connectivity index is 1.12. The molecule has 8 aliphatic heterocycles. The minimum atomic E-state index is -2.39. The monoisotopic (exact) mass is 1680 g/mol. The van der Waals surface area contributed by atoms with Crippen molar-refractivity contribution in [2.75, 3.05) is 13.7 Å². The summed E-state index contributed by atoms with van der Waals surface area (Å²) in [6, 6.07) is 8.51. The molecule has 8 amide bonds. The van der Waals surface area contributed by atoms with Crippen LogP contribution in [0.2, 0.25) is 10.0 Å². The van der Waals surface area contributed by atoms with Crippen LogP contribution in [-0.2, 0) is 68.6 Å². The van der Waals surface area contributed by atoms with E-state index in [0.29, 0.717) is 10.6 Å². The smallest absolute Gasteiger partial charge is 0.248 e.